The van der Waals surface area contributed by atoms with E-state index in [1.807, 2.05) is 0 Å². The summed E-state index contributed by atoms with van der Waals surface area (Å²) in [5.41, 5.74) is 6.03. The summed E-state index contributed by atoms with van der Waals surface area (Å²) in [6, 6.07) is 4.81. The summed E-state index contributed by atoms with van der Waals surface area (Å²) in [6.45, 7) is 5.38. The normalized spacial score (nSPS) is 12.6. The van der Waals surface area contributed by atoms with Crippen molar-refractivity contribution in [2.24, 2.45) is 5.73 Å². The molecule has 122 valence electrons. The van der Waals surface area contributed by atoms with Gasteiger partial charge in [0.15, 0.2) is 0 Å². The van der Waals surface area contributed by atoms with Gasteiger partial charge in [-0.05, 0) is 51.1 Å². The third-order valence-corrected chi connectivity index (χ3v) is 3.03. The fourth-order valence-electron chi connectivity index (χ4n) is 1.93. The molecule has 0 radical (unpaired) electrons. The molecule has 0 saturated carbocycles. The first-order valence-electron chi connectivity index (χ1n) is 6.83. The van der Waals surface area contributed by atoms with Crippen molar-refractivity contribution < 1.29 is 19.4 Å². The van der Waals surface area contributed by atoms with E-state index in [9.17, 15) is 9.59 Å². The lowest BCUT2D eigenvalue weighted by molar-refractivity contribution is -0.137. The third-order valence-electron chi connectivity index (χ3n) is 2.79. The molecule has 0 aromatic heterocycles. The maximum atomic E-state index is 11.9. The highest BCUT2D eigenvalue weighted by Crippen LogP contribution is 2.30. The average Bonchev–Trinajstić information content (AvgIpc) is 2.35. The summed E-state index contributed by atoms with van der Waals surface area (Å²) in [5.74, 6) is -1.43. The first-order valence-corrected chi connectivity index (χ1v) is 7.21. The van der Waals surface area contributed by atoms with Crippen LogP contribution in [-0.4, -0.2) is 29.3 Å². The Labute approximate surface area is 134 Å². The van der Waals surface area contributed by atoms with Crippen LogP contribution in [0.3, 0.4) is 0 Å². The van der Waals surface area contributed by atoms with Gasteiger partial charge in [-0.2, -0.15) is 0 Å². The van der Waals surface area contributed by atoms with Crippen LogP contribution in [0.25, 0.3) is 0 Å². The quantitative estimate of drug-likeness (QED) is 0.770. The SMILES string of the molecule is CC(C)(C)OC(=O)Nc1ccc(Cl)cc1C(CN)CC(=O)O. The Morgan fingerprint density at radius 2 is 2.05 bits per heavy atom. The van der Waals surface area contributed by atoms with E-state index < -0.39 is 23.6 Å². The minimum Gasteiger partial charge on any atom is -0.481 e. The Hall–Kier alpha value is -1.79. The van der Waals surface area contributed by atoms with Crippen LogP contribution < -0.4 is 11.1 Å². The van der Waals surface area contributed by atoms with Gasteiger partial charge < -0.3 is 15.6 Å². The number of rotatable bonds is 5. The van der Waals surface area contributed by atoms with Crippen LogP contribution in [-0.2, 0) is 9.53 Å². The minimum atomic E-state index is -0.973. The fraction of sp³-hybridized carbons (Fsp3) is 0.467. The van der Waals surface area contributed by atoms with E-state index in [0.717, 1.165) is 0 Å². The van der Waals surface area contributed by atoms with Gasteiger partial charge in [0, 0.05) is 16.6 Å². The molecule has 0 aliphatic carbocycles. The standard InChI is InChI=1S/C15H21ClN2O4/c1-15(2,3)22-14(21)18-12-5-4-10(16)7-11(12)9(8-17)6-13(19)20/h4-5,7,9H,6,8,17H2,1-3H3,(H,18,21)(H,19,20). The van der Waals surface area contributed by atoms with Gasteiger partial charge in [-0.3, -0.25) is 10.1 Å². The molecule has 1 unspecified atom stereocenters. The highest BCUT2D eigenvalue weighted by Gasteiger charge is 2.21. The summed E-state index contributed by atoms with van der Waals surface area (Å²) >= 11 is 5.97. The summed E-state index contributed by atoms with van der Waals surface area (Å²) in [7, 11) is 0. The maximum Gasteiger partial charge on any atom is 0.412 e. The molecule has 0 saturated heterocycles. The molecule has 7 heteroatoms. The largest absolute Gasteiger partial charge is 0.481 e. The summed E-state index contributed by atoms with van der Waals surface area (Å²) in [6.07, 6.45) is -0.776. The maximum absolute atomic E-state index is 11.9. The highest BCUT2D eigenvalue weighted by molar-refractivity contribution is 6.30. The van der Waals surface area contributed by atoms with Gasteiger partial charge in [-0.15, -0.1) is 0 Å². The number of aliphatic carboxylic acids is 1. The number of carboxylic acids is 1. The lowest BCUT2D eigenvalue weighted by Crippen LogP contribution is -2.28. The van der Waals surface area contributed by atoms with Gasteiger partial charge in [-0.25, -0.2) is 4.79 Å². The number of carboxylic acid groups (broad SMARTS) is 1. The number of hydrogen-bond acceptors (Lipinski definition) is 4. The molecular formula is C15H21ClN2O4. The molecule has 6 nitrogen and oxygen atoms in total. The molecule has 0 bridgehead atoms. The van der Waals surface area contributed by atoms with Crippen molar-refractivity contribution in [2.75, 3.05) is 11.9 Å². The van der Waals surface area contributed by atoms with E-state index in [1.165, 1.54) is 0 Å². The lowest BCUT2D eigenvalue weighted by Gasteiger charge is -2.22. The first-order chi connectivity index (χ1) is 10.1. The zero-order chi connectivity index (χ0) is 16.9. The van der Waals surface area contributed by atoms with Crippen LogP contribution >= 0.6 is 11.6 Å². The smallest absolute Gasteiger partial charge is 0.412 e. The van der Waals surface area contributed by atoms with Crippen molar-refractivity contribution in [3.8, 4) is 0 Å². The van der Waals surface area contributed by atoms with E-state index in [4.69, 9.17) is 27.2 Å². The highest BCUT2D eigenvalue weighted by atomic mass is 35.5. The number of amides is 1. The molecule has 1 rings (SSSR count). The third kappa shape index (κ3) is 5.91. The Morgan fingerprint density at radius 1 is 1.41 bits per heavy atom. The summed E-state index contributed by atoms with van der Waals surface area (Å²) < 4.78 is 5.19. The van der Waals surface area contributed by atoms with Gasteiger partial charge in [-0.1, -0.05) is 11.6 Å². The second-order valence-corrected chi connectivity index (χ2v) is 6.33. The Morgan fingerprint density at radius 3 is 2.55 bits per heavy atom. The predicted molar refractivity (Wildman–Crippen MR) is 85.4 cm³/mol. The predicted octanol–water partition coefficient (Wildman–Crippen LogP) is 3.20. The van der Waals surface area contributed by atoms with E-state index in [-0.39, 0.29) is 13.0 Å². The number of benzene rings is 1. The second kappa shape index (κ2) is 7.47. The van der Waals surface area contributed by atoms with Crippen LogP contribution in [0.5, 0.6) is 0 Å². The Bertz CT molecular complexity index is 555. The monoisotopic (exact) mass is 328 g/mol. The lowest BCUT2D eigenvalue weighted by atomic mass is 9.94. The first kappa shape index (κ1) is 18.3. The summed E-state index contributed by atoms with van der Waals surface area (Å²) in [5, 5.41) is 12.0. The summed E-state index contributed by atoms with van der Waals surface area (Å²) in [4.78, 5) is 22.8. The molecule has 0 aliphatic rings. The van der Waals surface area contributed by atoms with Crippen LogP contribution in [0.2, 0.25) is 5.02 Å². The molecule has 0 spiro atoms. The van der Waals surface area contributed by atoms with Crippen molar-refractivity contribution in [1.82, 2.24) is 0 Å². The van der Waals surface area contributed by atoms with E-state index in [1.54, 1.807) is 39.0 Å². The minimum absolute atomic E-state index is 0.121. The second-order valence-electron chi connectivity index (χ2n) is 5.89. The fourth-order valence-corrected chi connectivity index (χ4v) is 2.11. The number of nitrogens with one attached hydrogen (secondary N) is 1. The van der Waals surface area contributed by atoms with Crippen molar-refractivity contribution >= 4 is 29.4 Å². The van der Waals surface area contributed by atoms with E-state index >= 15 is 0 Å². The van der Waals surface area contributed by atoms with Gasteiger partial charge >= 0.3 is 12.1 Å². The Balaban J connectivity index is 3.04. The van der Waals surface area contributed by atoms with Crippen LogP contribution in [0, 0.1) is 0 Å². The van der Waals surface area contributed by atoms with Crippen molar-refractivity contribution in [3.63, 3.8) is 0 Å². The zero-order valence-corrected chi connectivity index (χ0v) is 13.6. The molecular weight excluding hydrogens is 308 g/mol. The van der Waals surface area contributed by atoms with E-state index in [2.05, 4.69) is 5.32 Å². The van der Waals surface area contributed by atoms with Crippen LogP contribution in [0.1, 0.15) is 38.7 Å². The number of carbonyl (C=O) groups excluding carboxylic acids is 1. The number of ether oxygens (including phenoxy) is 1. The molecule has 4 N–H and O–H groups in total. The molecule has 1 aromatic carbocycles. The molecule has 22 heavy (non-hydrogen) atoms. The van der Waals surface area contributed by atoms with Crippen LogP contribution in [0.4, 0.5) is 10.5 Å². The molecule has 0 aliphatic heterocycles. The number of carbonyl (C=O) groups is 2. The molecule has 1 amide bonds. The molecule has 1 atom stereocenters. The van der Waals surface area contributed by atoms with Gasteiger partial charge in [0.05, 0.1) is 6.42 Å². The van der Waals surface area contributed by atoms with Gasteiger partial charge in [0.2, 0.25) is 0 Å². The van der Waals surface area contributed by atoms with Gasteiger partial charge in [0.25, 0.3) is 0 Å². The van der Waals surface area contributed by atoms with Crippen molar-refractivity contribution in [2.45, 2.75) is 38.7 Å². The number of hydrogen-bond donors (Lipinski definition) is 3. The van der Waals surface area contributed by atoms with Crippen molar-refractivity contribution in [1.29, 1.82) is 0 Å². The number of anilines is 1. The molecule has 0 fully saturated rings. The van der Waals surface area contributed by atoms with Crippen molar-refractivity contribution in [3.05, 3.63) is 28.8 Å². The number of nitrogens with two attached hydrogens (primary N) is 1. The van der Waals surface area contributed by atoms with Gasteiger partial charge in [0.1, 0.15) is 5.60 Å². The Kier molecular flexibility index (Phi) is 6.20. The number of halogens is 1. The van der Waals surface area contributed by atoms with E-state index in [0.29, 0.717) is 16.3 Å². The topological polar surface area (TPSA) is 102 Å². The van der Waals surface area contributed by atoms with Crippen LogP contribution in [0.15, 0.2) is 18.2 Å². The molecule has 1 aromatic rings. The zero-order valence-electron chi connectivity index (χ0n) is 12.9. The molecule has 0 heterocycles. The average molecular weight is 329 g/mol.